The van der Waals surface area contributed by atoms with E-state index in [1.165, 1.54) is 6.07 Å². The van der Waals surface area contributed by atoms with Crippen molar-refractivity contribution < 1.29 is 27.5 Å². The van der Waals surface area contributed by atoms with E-state index in [9.17, 15) is 22.8 Å². The van der Waals surface area contributed by atoms with Crippen LogP contribution in [0.15, 0.2) is 48.5 Å². The van der Waals surface area contributed by atoms with Gasteiger partial charge in [0.15, 0.2) is 6.61 Å². The Balaban J connectivity index is 1.93. The molecule has 2 aromatic rings. The Labute approximate surface area is 136 Å². The van der Waals surface area contributed by atoms with Gasteiger partial charge >= 0.3 is 12.1 Å². The summed E-state index contributed by atoms with van der Waals surface area (Å²) < 4.78 is 42.5. The molecule has 0 unspecified atom stereocenters. The van der Waals surface area contributed by atoms with E-state index in [1.807, 2.05) is 6.92 Å². The van der Waals surface area contributed by atoms with Crippen molar-refractivity contribution in [1.82, 2.24) is 0 Å². The van der Waals surface area contributed by atoms with Crippen molar-refractivity contribution in [3.8, 4) is 0 Å². The number of amides is 1. The van der Waals surface area contributed by atoms with Crippen LogP contribution in [-0.4, -0.2) is 18.5 Å². The number of aryl methyl sites for hydroxylation is 1. The number of halogens is 3. The molecule has 1 N–H and O–H groups in total. The normalized spacial score (nSPS) is 11.0. The third-order valence-corrected chi connectivity index (χ3v) is 3.10. The van der Waals surface area contributed by atoms with Crippen LogP contribution < -0.4 is 5.32 Å². The fourth-order valence-corrected chi connectivity index (χ4v) is 1.87. The van der Waals surface area contributed by atoms with Crippen molar-refractivity contribution in [2.45, 2.75) is 13.1 Å². The number of ether oxygens (including phenoxy) is 1. The average molecular weight is 337 g/mol. The molecule has 0 aliphatic carbocycles. The summed E-state index contributed by atoms with van der Waals surface area (Å²) >= 11 is 0. The number of nitrogens with one attached hydrogen (secondary N) is 1. The van der Waals surface area contributed by atoms with Crippen LogP contribution in [0.1, 0.15) is 21.5 Å². The smallest absolute Gasteiger partial charge is 0.416 e. The predicted molar refractivity (Wildman–Crippen MR) is 81.5 cm³/mol. The Kier molecular flexibility index (Phi) is 5.23. The number of alkyl halides is 3. The van der Waals surface area contributed by atoms with Crippen LogP contribution in [0, 0.1) is 6.92 Å². The molecule has 2 rings (SSSR count). The minimum absolute atomic E-state index is 0.270. The van der Waals surface area contributed by atoms with Crippen molar-refractivity contribution in [3.05, 3.63) is 65.2 Å². The van der Waals surface area contributed by atoms with E-state index in [0.29, 0.717) is 11.8 Å². The molecule has 0 aromatic heterocycles. The molecule has 0 heterocycles. The largest absolute Gasteiger partial charge is 0.452 e. The van der Waals surface area contributed by atoms with Gasteiger partial charge in [-0.25, -0.2) is 4.79 Å². The average Bonchev–Trinajstić information content (AvgIpc) is 2.54. The minimum Gasteiger partial charge on any atom is -0.452 e. The zero-order valence-corrected chi connectivity index (χ0v) is 12.7. The monoisotopic (exact) mass is 337 g/mol. The van der Waals surface area contributed by atoms with Gasteiger partial charge in [-0.3, -0.25) is 4.79 Å². The van der Waals surface area contributed by atoms with Crippen molar-refractivity contribution >= 4 is 17.6 Å². The highest BCUT2D eigenvalue weighted by Gasteiger charge is 2.31. The first-order chi connectivity index (χ1) is 11.3. The van der Waals surface area contributed by atoms with Gasteiger partial charge in [-0.05, 0) is 37.3 Å². The van der Waals surface area contributed by atoms with Gasteiger partial charge in [0, 0.05) is 5.69 Å². The van der Waals surface area contributed by atoms with Crippen LogP contribution in [-0.2, 0) is 15.7 Å². The third kappa shape index (κ3) is 4.84. The second-order valence-electron chi connectivity index (χ2n) is 5.07. The summed E-state index contributed by atoms with van der Waals surface area (Å²) in [6.07, 6.45) is -4.56. The quantitative estimate of drug-likeness (QED) is 0.863. The highest BCUT2D eigenvalue weighted by molar-refractivity contribution is 5.95. The lowest BCUT2D eigenvalue weighted by molar-refractivity contribution is -0.137. The lowest BCUT2D eigenvalue weighted by atomic mass is 10.1. The number of rotatable bonds is 4. The SMILES string of the molecule is Cc1ccc(NC(=O)COC(=O)c2cccc(C(F)(F)F)c2)cc1. The van der Waals surface area contributed by atoms with Crippen LogP contribution in [0.3, 0.4) is 0 Å². The molecule has 0 atom stereocenters. The molecular formula is C17H14F3NO3. The lowest BCUT2D eigenvalue weighted by Gasteiger charge is -2.09. The maximum Gasteiger partial charge on any atom is 0.416 e. The van der Waals surface area contributed by atoms with E-state index in [4.69, 9.17) is 4.74 Å². The van der Waals surface area contributed by atoms with Crippen molar-refractivity contribution in [2.24, 2.45) is 0 Å². The van der Waals surface area contributed by atoms with E-state index in [1.54, 1.807) is 24.3 Å². The molecule has 0 saturated heterocycles. The van der Waals surface area contributed by atoms with E-state index < -0.39 is 30.2 Å². The summed E-state index contributed by atoms with van der Waals surface area (Å²) in [7, 11) is 0. The van der Waals surface area contributed by atoms with Gasteiger partial charge in [-0.15, -0.1) is 0 Å². The Morgan fingerprint density at radius 1 is 1.08 bits per heavy atom. The Morgan fingerprint density at radius 2 is 1.75 bits per heavy atom. The number of benzene rings is 2. The molecule has 0 aliphatic rings. The third-order valence-electron chi connectivity index (χ3n) is 3.10. The van der Waals surface area contributed by atoms with Gasteiger partial charge in [-0.1, -0.05) is 23.8 Å². The summed E-state index contributed by atoms with van der Waals surface area (Å²) in [5, 5.41) is 2.52. The fraction of sp³-hybridized carbons (Fsp3) is 0.176. The first-order valence-electron chi connectivity index (χ1n) is 6.96. The molecule has 126 valence electrons. The number of hydrogen-bond donors (Lipinski definition) is 1. The highest BCUT2D eigenvalue weighted by Crippen LogP contribution is 2.29. The number of hydrogen-bond acceptors (Lipinski definition) is 3. The zero-order chi connectivity index (χ0) is 17.7. The molecule has 0 fully saturated rings. The maximum absolute atomic E-state index is 12.6. The molecule has 2 aromatic carbocycles. The molecule has 4 nitrogen and oxygen atoms in total. The zero-order valence-electron chi connectivity index (χ0n) is 12.7. The first kappa shape index (κ1) is 17.5. The molecular weight excluding hydrogens is 323 g/mol. The van der Waals surface area contributed by atoms with Crippen LogP contribution in [0.5, 0.6) is 0 Å². The topological polar surface area (TPSA) is 55.4 Å². The summed E-state index contributed by atoms with van der Waals surface area (Å²) in [6.45, 7) is 1.30. The molecule has 24 heavy (non-hydrogen) atoms. The summed E-state index contributed by atoms with van der Waals surface area (Å²) in [5.41, 5.74) is 0.318. The predicted octanol–water partition coefficient (Wildman–Crippen LogP) is 3.81. The van der Waals surface area contributed by atoms with Gasteiger partial charge in [0.1, 0.15) is 0 Å². The molecule has 0 aliphatic heterocycles. The van der Waals surface area contributed by atoms with Gasteiger partial charge < -0.3 is 10.1 Å². The van der Waals surface area contributed by atoms with Crippen molar-refractivity contribution in [1.29, 1.82) is 0 Å². The molecule has 0 radical (unpaired) electrons. The fourth-order valence-electron chi connectivity index (χ4n) is 1.87. The lowest BCUT2D eigenvalue weighted by Crippen LogP contribution is -2.21. The summed E-state index contributed by atoms with van der Waals surface area (Å²) in [6, 6.07) is 10.8. The number of anilines is 1. The summed E-state index contributed by atoms with van der Waals surface area (Å²) in [5.74, 6) is -1.58. The summed E-state index contributed by atoms with van der Waals surface area (Å²) in [4.78, 5) is 23.4. The van der Waals surface area contributed by atoms with Crippen LogP contribution >= 0.6 is 0 Å². The van der Waals surface area contributed by atoms with Gasteiger partial charge in [0.25, 0.3) is 5.91 Å². The molecule has 1 amide bonds. The van der Waals surface area contributed by atoms with Crippen LogP contribution in [0.4, 0.5) is 18.9 Å². The first-order valence-corrected chi connectivity index (χ1v) is 6.96. The van der Waals surface area contributed by atoms with Crippen molar-refractivity contribution in [2.75, 3.05) is 11.9 Å². The minimum atomic E-state index is -4.56. The van der Waals surface area contributed by atoms with Crippen molar-refractivity contribution in [3.63, 3.8) is 0 Å². The second-order valence-corrected chi connectivity index (χ2v) is 5.07. The highest BCUT2D eigenvalue weighted by atomic mass is 19.4. The van der Waals surface area contributed by atoms with E-state index in [2.05, 4.69) is 5.32 Å². The molecule has 0 spiro atoms. The van der Waals surface area contributed by atoms with Gasteiger partial charge in [-0.2, -0.15) is 13.2 Å². The molecule has 7 heteroatoms. The number of carbonyl (C=O) groups is 2. The maximum atomic E-state index is 12.6. The van der Waals surface area contributed by atoms with E-state index in [-0.39, 0.29) is 5.56 Å². The van der Waals surface area contributed by atoms with Gasteiger partial charge in [0.05, 0.1) is 11.1 Å². The van der Waals surface area contributed by atoms with E-state index >= 15 is 0 Å². The molecule has 0 bridgehead atoms. The Bertz CT molecular complexity index is 739. The van der Waals surface area contributed by atoms with Gasteiger partial charge in [0.2, 0.25) is 0 Å². The molecule has 0 saturated carbocycles. The Hall–Kier alpha value is -2.83. The standard InChI is InChI=1S/C17H14F3NO3/c1-11-5-7-14(8-6-11)21-15(22)10-24-16(23)12-3-2-4-13(9-12)17(18,19)20/h2-9H,10H2,1H3,(H,21,22). The Morgan fingerprint density at radius 3 is 2.38 bits per heavy atom. The van der Waals surface area contributed by atoms with Crippen LogP contribution in [0.25, 0.3) is 0 Å². The van der Waals surface area contributed by atoms with E-state index in [0.717, 1.165) is 17.7 Å². The number of esters is 1. The number of carbonyl (C=O) groups excluding carboxylic acids is 2. The van der Waals surface area contributed by atoms with Crippen LogP contribution in [0.2, 0.25) is 0 Å². The second kappa shape index (κ2) is 7.16.